The molecule has 0 aliphatic heterocycles. The fourth-order valence-electron chi connectivity index (χ4n) is 0.215. The molecule has 0 bridgehead atoms. The van der Waals surface area contributed by atoms with Gasteiger partial charge in [-0.2, -0.15) is 0 Å². The number of nitrogens with two attached hydrogens (primary N) is 1. The van der Waals surface area contributed by atoms with Crippen molar-refractivity contribution < 1.29 is 0 Å². The van der Waals surface area contributed by atoms with Gasteiger partial charge in [-0.15, -0.1) is 10.5 Å². The Kier molecular flexibility index (Phi) is 4.10. The van der Waals surface area contributed by atoms with Crippen molar-refractivity contribution in [1.29, 1.82) is 0 Å². The molecular formula is C5H11NS. The summed E-state index contributed by atoms with van der Waals surface area (Å²) in [6.45, 7) is 0.616. The van der Waals surface area contributed by atoms with E-state index in [1.807, 2.05) is 6.08 Å². The van der Waals surface area contributed by atoms with E-state index in [4.69, 9.17) is 5.73 Å². The van der Waals surface area contributed by atoms with Crippen LogP contribution in [-0.2, 0) is 0 Å². The van der Waals surface area contributed by atoms with Crippen LogP contribution >= 0.6 is 10.5 Å². The summed E-state index contributed by atoms with van der Waals surface area (Å²) >= 11 is 0. The van der Waals surface area contributed by atoms with Gasteiger partial charge >= 0.3 is 0 Å². The van der Waals surface area contributed by atoms with Crippen molar-refractivity contribution in [3.05, 3.63) is 6.08 Å². The van der Waals surface area contributed by atoms with Gasteiger partial charge in [0, 0.05) is 6.54 Å². The first-order valence-corrected chi connectivity index (χ1v) is 4.17. The van der Waals surface area contributed by atoms with E-state index in [1.165, 1.54) is 0 Å². The Hall–Kier alpha value is -0.0400. The van der Waals surface area contributed by atoms with Crippen LogP contribution in [0.15, 0.2) is 6.08 Å². The van der Waals surface area contributed by atoms with E-state index < -0.39 is 0 Å². The quantitative estimate of drug-likeness (QED) is 0.495. The van der Waals surface area contributed by atoms with Crippen LogP contribution in [0.3, 0.4) is 0 Å². The van der Waals surface area contributed by atoms with Gasteiger partial charge in [0.2, 0.25) is 0 Å². The first kappa shape index (κ1) is 6.96. The van der Waals surface area contributed by atoms with Crippen LogP contribution in [0.4, 0.5) is 0 Å². The topological polar surface area (TPSA) is 26.0 Å². The number of hydrogen-bond donors (Lipinski definition) is 1. The molecule has 0 spiro atoms. The third kappa shape index (κ3) is 5.96. The van der Waals surface area contributed by atoms with Crippen molar-refractivity contribution in [1.82, 2.24) is 0 Å². The summed E-state index contributed by atoms with van der Waals surface area (Å²) in [5.74, 6) is 0. The highest BCUT2D eigenvalue weighted by atomic mass is 32.2. The summed E-state index contributed by atoms with van der Waals surface area (Å²) in [6.07, 6.45) is 6.07. The molecule has 0 aromatic rings. The van der Waals surface area contributed by atoms with Gasteiger partial charge in [0.15, 0.2) is 0 Å². The summed E-state index contributed by atoms with van der Waals surface area (Å²) in [6, 6.07) is 0. The molecule has 0 aliphatic carbocycles. The van der Waals surface area contributed by atoms with Crippen LogP contribution < -0.4 is 5.73 Å². The molecule has 0 aliphatic rings. The summed E-state index contributed by atoms with van der Waals surface area (Å²) in [4.78, 5) is 0. The normalized spacial score (nSPS) is 8.57. The molecule has 7 heavy (non-hydrogen) atoms. The lowest BCUT2D eigenvalue weighted by Crippen LogP contribution is -1.91. The molecule has 0 heterocycles. The zero-order valence-electron chi connectivity index (χ0n) is 4.77. The predicted molar refractivity (Wildman–Crippen MR) is 38.1 cm³/mol. The Bertz CT molecular complexity index is 96.6. The molecule has 0 saturated heterocycles. The fraction of sp³-hybridized carbons (Fsp3) is 0.600. The standard InChI is InChI=1S/C5H11NS/c1-7(2)5-3-4-6/h3H,4,6H2,1-2H3. The molecule has 2 heteroatoms. The van der Waals surface area contributed by atoms with E-state index >= 15 is 0 Å². The molecule has 0 aromatic heterocycles. The van der Waals surface area contributed by atoms with Crippen LogP contribution in [-0.4, -0.2) is 24.1 Å². The van der Waals surface area contributed by atoms with Crippen LogP contribution in [0.5, 0.6) is 0 Å². The molecule has 42 valence electrons. The van der Waals surface area contributed by atoms with E-state index in [0.29, 0.717) is 17.0 Å². The summed E-state index contributed by atoms with van der Waals surface area (Å²) in [5.41, 5.74) is 5.16. The highest BCUT2D eigenvalue weighted by Gasteiger charge is 1.61. The van der Waals surface area contributed by atoms with Crippen LogP contribution in [0.2, 0.25) is 0 Å². The Labute approximate surface area is 47.1 Å². The van der Waals surface area contributed by atoms with E-state index in [9.17, 15) is 0 Å². The molecule has 0 aromatic carbocycles. The van der Waals surface area contributed by atoms with E-state index in [1.54, 1.807) is 0 Å². The zero-order chi connectivity index (χ0) is 5.70. The molecule has 1 nitrogen and oxygen atoms in total. The van der Waals surface area contributed by atoms with Gasteiger partial charge in [0.25, 0.3) is 0 Å². The Balaban J connectivity index is 3.62. The van der Waals surface area contributed by atoms with Crippen molar-refractivity contribution in [2.75, 3.05) is 19.1 Å². The van der Waals surface area contributed by atoms with Crippen LogP contribution in [0.1, 0.15) is 0 Å². The lowest BCUT2D eigenvalue weighted by atomic mass is 10.7. The molecule has 0 radical (unpaired) electrons. The molecule has 0 atom stereocenters. The summed E-state index contributed by atoms with van der Waals surface area (Å²) in [7, 11) is 0.299. The fourth-order valence-corrected chi connectivity index (χ4v) is 0.644. The minimum atomic E-state index is 0.299. The lowest BCUT2D eigenvalue weighted by molar-refractivity contribution is 1.27. The van der Waals surface area contributed by atoms with Crippen molar-refractivity contribution in [3.8, 4) is 0 Å². The van der Waals surface area contributed by atoms with Crippen molar-refractivity contribution in [2.24, 2.45) is 5.73 Å². The third-order valence-electron chi connectivity index (χ3n) is 0.437. The molecule has 2 N–H and O–H groups in total. The number of hydrogen-bond acceptors (Lipinski definition) is 1. The van der Waals surface area contributed by atoms with Gasteiger partial charge in [0.05, 0.1) is 0 Å². The van der Waals surface area contributed by atoms with E-state index in [-0.39, 0.29) is 0 Å². The highest BCUT2D eigenvalue weighted by Crippen LogP contribution is 1.89. The van der Waals surface area contributed by atoms with Crippen molar-refractivity contribution in [3.63, 3.8) is 0 Å². The maximum atomic E-state index is 5.16. The van der Waals surface area contributed by atoms with E-state index in [0.717, 1.165) is 0 Å². The first-order chi connectivity index (χ1) is 3.27. The average molecular weight is 117 g/mol. The first-order valence-electron chi connectivity index (χ1n) is 2.13. The monoisotopic (exact) mass is 117 g/mol. The smallest absolute Gasteiger partial charge is 0.0187 e. The maximum absolute atomic E-state index is 5.16. The second kappa shape index (κ2) is 4.13. The van der Waals surface area contributed by atoms with Crippen molar-refractivity contribution in [2.45, 2.75) is 0 Å². The average Bonchev–Trinajstić information content (AvgIpc) is 1.61. The minimum absolute atomic E-state index is 0.299. The molecule has 0 amide bonds. The van der Waals surface area contributed by atoms with E-state index in [2.05, 4.69) is 17.5 Å². The third-order valence-corrected chi connectivity index (χ3v) is 1.07. The van der Waals surface area contributed by atoms with Gasteiger partial charge in [-0.1, -0.05) is 5.02 Å². The molecule has 0 fully saturated rings. The van der Waals surface area contributed by atoms with Gasteiger partial charge < -0.3 is 5.73 Å². The summed E-state index contributed by atoms with van der Waals surface area (Å²) in [5, 5.41) is 3.07. The van der Waals surface area contributed by atoms with Crippen LogP contribution in [0, 0.1) is 0 Å². The second-order valence-electron chi connectivity index (χ2n) is 1.37. The summed E-state index contributed by atoms with van der Waals surface area (Å²) < 4.78 is 0. The SMILES string of the molecule is CS(C)=C=CCN. The zero-order valence-corrected chi connectivity index (χ0v) is 5.59. The molecule has 0 saturated carbocycles. The number of rotatable bonds is 1. The molecule has 0 rings (SSSR count). The minimum Gasteiger partial charge on any atom is -0.326 e. The van der Waals surface area contributed by atoms with Gasteiger partial charge in [-0.05, 0) is 18.6 Å². The van der Waals surface area contributed by atoms with Crippen LogP contribution in [0.25, 0.3) is 0 Å². The van der Waals surface area contributed by atoms with Gasteiger partial charge in [-0.25, -0.2) is 0 Å². The lowest BCUT2D eigenvalue weighted by Gasteiger charge is -1.76. The highest BCUT2D eigenvalue weighted by molar-refractivity contribution is 8.13. The Morgan fingerprint density at radius 2 is 2.29 bits per heavy atom. The molecule has 0 unspecified atom stereocenters. The predicted octanol–water partition coefficient (Wildman–Crippen LogP) is 0.431. The Morgan fingerprint density at radius 3 is 2.43 bits per heavy atom. The maximum Gasteiger partial charge on any atom is 0.0187 e. The van der Waals surface area contributed by atoms with Gasteiger partial charge in [-0.3, -0.25) is 0 Å². The molecular weight excluding hydrogens is 106 g/mol. The van der Waals surface area contributed by atoms with Crippen molar-refractivity contribution >= 4 is 15.5 Å². The second-order valence-corrected chi connectivity index (χ2v) is 3.24. The Morgan fingerprint density at radius 1 is 1.71 bits per heavy atom. The largest absolute Gasteiger partial charge is 0.326 e. The van der Waals surface area contributed by atoms with Gasteiger partial charge in [0.1, 0.15) is 0 Å².